The molecule has 0 aliphatic carbocycles. The summed E-state index contributed by atoms with van der Waals surface area (Å²) in [7, 11) is 0. The Morgan fingerprint density at radius 1 is 1.44 bits per heavy atom. The van der Waals surface area contributed by atoms with Gasteiger partial charge >= 0.3 is 0 Å². The van der Waals surface area contributed by atoms with Gasteiger partial charge in [0.1, 0.15) is 0 Å². The summed E-state index contributed by atoms with van der Waals surface area (Å²) in [6, 6.07) is 0. The van der Waals surface area contributed by atoms with Crippen molar-refractivity contribution in [3.8, 4) is 0 Å². The molecule has 0 heterocycles. The van der Waals surface area contributed by atoms with Crippen molar-refractivity contribution in [3.05, 3.63) is 0 Å². The van der Waals surface area contributed by atoms with Crippen molar-refractivity contribution in [2.75, 3.05) is 5.75 Å². The highest BCUT2D eigenvalue weighted by Crippen LogP contribution is 1.93. The van der Waals surface area contributed by atoms with E-state index < -0.39 is 11.1 Å². The van der Waals surface area contributed by atoms with Gasteiger partial charge in [-0.3, -0.25) is 8.91 Å². The van der Waals surface area contributed by atoms with E-state index in [1.807, 2.05) is 6.92 Å². The second kappa shape index (κ2) is 8.04. The van der Waals surface area contributed by atoms with Crippen LogP contribution in [0.25, 0.3) is 0 Å². The van der Waals surface area contributed by atoms with E-state index in [0.717, 1.165) is 19.3 Å². The van der Waals surface area contributed by atoms with Crippen molar-refractivity contribution in [1.29, 1.82) is 0 Å². The van der Waals surface area contributed by atoms with Gasteiger partial charge in [0, 0.05) is 5.75 Å². The number of hydrogen-bond donors (Lipinski definition) is 0. The van der Waals surface area contributed by atoms with Gasteiger partial charge in [0.15, 0.2) is 0 Å². The van der Waals surface area contributed by atoms with E-state index in [9.17, 15) is 8.76 Å². The van der Waals surface area contributed by atoms with E-state index >= 15 is 0 Å². The summed E-state index contributed by atoms with van der Waals surface area (Å²) in [6.07, 6.45) is 2.91. The van der Waals surface area contributed by atoms with Crippen LogP contribution in [0.3, 0.4) is 0 Å². The summed E-state index contributed by atoms with van der Waals surface area (Å²) in [5.74, 6) is 0.327. The molecule has 2 nitrogen and oxygen atoms in total. The summed E-state index contributed by atoms with van der Waals surface area (Å²) >= 11 is -1.82. The van der Waals surface area contributed by atoms with E-state index in [1.165, 1.54) is 0 Å². The number of hydrogen-bond acceptors (Lipinski definition) is 2. The number of rotatable bonds is 4. The Morgan fingerprint density at radius 3 is 2.33 bits per heavy atom. The molecular formula is C5H12FO2S-. The first-order valence-electron chi connectivity index (χ1n) is 2.83. The lowest BCUT2D eigenvalue weighted by Crippen LogP contribution is -1.93. The molecular weight excluding hydrogens is 143 g/mol. The first-order valence-corrected chi connectivity index (χ1v) is 4.07. The average molecular weight is 155 g/mol. The first kappa shape index (κ1) is 11.8. The van der Waals surface area contributed by atoms with E-state index in [2.05, 4.69) is 0 Å². The largest absolute Gasteiger partial charge is 0.772 e. The van der Waals surface area contributed by atoms with Crippen LogP contribution < -0.4 is 0 Å². The van der Waals surface area contributed by atoms with Crippen LogP contribution in [0.15, 0.2) is 0 Å². The van der Waals surface area contributed by atoms with Crippen LogP contribution in [0.1, 0.15) is 26.2 Å². The molecule has 0 saturated heterocycles. The minimum atomic E-state index is -1.82. The zero-order valence-electron chi connectivity index (χ0n) is 5.46. The predicted octanol–water partition coefficient (Wildman–Crippen LogP) is 1.21. The summed E-state index contributed by atoms with van der Waals surface area (Å²) in [4.78, 5) is 0. The minimum Gasteiger partial charge on any atom is -0.772 e. The Balaban J connectivity index is 0. The van der Waals surface area contributed by atoms with E-state index in [1.54, 1.807) is 0 Å². The number of halogens is 1. The molecule has 0 aliphatic heterocycles. The van der Waals surface area contributed by atoms with E-state index in [-0.39, 0.29) is 4.70 Å². The number of unbranched alkanes of at least 4 members (excludes halogenated alkanes) is 2. The highest BCUT2D eigenvalue weighted by Gasteiger charge is 1.83. The van der Waals surface area contributed by atoms with Gasteiger partial charge in [-0.1, -0.05) is 30.8 Å². The minimum absolute atomic E-state index is 0. The zero-order chi connectivity index (χ0) is 6.41. The highest BCUT2D eigenvalue weighted by atomic mass is 32.2. The Morgan fingerprint density at radius 2 is 2.00 bits per heavy atom. The monoisotopic (exact) mass is 155 g/mol. The lowest BCUT2D eigenvalue weighted by molar-refractivity contribution is 0.533. The van der Waals surface area contributed by atoms with Crippen LogP contribution in [0.5, 0.6) is 0 Å². The van der Waals surface area contributed by atoms with Crippen molar-refractivity contribution in [2.24, 2.45) is 0 Å². The highest BCUT2D eigenvalue weighted by molar-refractivity contribution is 7.79. The third-order valence-electron chi connectivity index (χ3n) is 0.915. The zero-order valence-corrected chi connectivity index (χ0v) is 6.28. The average Bonchev–Trinajstić information content (AvgIpc) is 1.66. The topological polar surface area (TPSA) is 40.1 Å². The summed E-state index contributed by atoms with van der Waals surface area (Å²) in [5.41, 5.74) is 0. The van der Waals surface area contributed by atoms with Crippen LogP contribution in [-0.4, -0.2) is 14.5 Å². The van der Waals surface area contributed by atoms with Gasteiger partial charge in [0.2, 0.25) is 0 Å². The van der Waals surface area contributed by atoms with Crippen LogP contribution in [0.4, 0.5) is 4.70 Å². The van der Waals surface area contributed by atoms with Crippen molar-refractivity contribution < 1.29 is 13.5 Å². The molecule has 0 saturated carbocycles. The quantitative estimate of drug-likeness (QED) is 0.452. The molecule has 0 N–H and O–H groups in total. The molecule has 0 aliphatic rings. The van der Waals surface area contributed by atoms with Gasteiger partial charge in [-0.05, 0) is 6.42 Å². The van der Waals surface area contributed by atoms with Crippen molar-refractivity contribution in [3.63, 3.8) is 0 Å². The second-order valence-corrected chi connectivity index (χ2v) is 2.73. The van der Waals surface area contributed by atoms with Crippen LogP contribution >= 0.6 is 0 Å². The van der Waals surface area contributed by atoms with Crippen LogP contribution in [0.2, 0.25) is 0 Å². The third-order valence-corrected chi connectivity index (χ3v) is 1.54. The molecule has 1 atom stereocenters. The summed E-state index contributed by atoms with van der Waals surface area (Å²) in [5, 5.41) is 0. The maximum Gasteiger partial charge on any atom is 0.0102 e. The maximum atomic E-state index is 9.87. The lowest BCUT2D eigenvalue weighted by atomic mass is 10.3. The van der Waals surface area contributed by atoms with Crippen molar-refractivity contribution >= 4 is 11.1 Å². The molecule has 0 radical (unpaired) electrons. The summed E-state index contributed by atoms with van der Waals surface area (Å²) < 4.78 is 19.7. The molecule has 0 bridgehead atoms. The Labute approximate surface area is 57.3 Å². The standard InChI is InChI=1S/C5H12O2S.FH/c1-2-3-4-5-8(6)7;/h2-5H2,1H3,(H,6,7);1H/p-1. The molecule has 0 rings (SSSR count). The molecule has 0 aromatic carbocycles. The maximum absolute atomic E-state index is 9.87. The molecule has 9 heavy (non-hydrogen) atoms. The fraction of sp³-hybridized carbons (Fsp3) is 1.00. The normalized spacial score (nSPS) is 12.2. The summed E-state index contributed by atoms with van der Waals surface area (Å²) in [6.45, 7) is 2.05. The Kier molecular flexibility index (Phi) is 10.5. The fourth-order valence-electron chi connectivity index (χ4n) is 0.470. The van der Waals surface area contributed by atoms with Crippen molar-refractivity contribution in [2.45, 2.75) is 26.2 Å². The SMILES string of the molecule is CCCCCS(=O)[O-].F. The molecule has 1 unspecified atom stereocenters. The van der Waals surface area contributed by atoms with Crippen LogP contribution in [0, 0.1) is 0 Å². The van der Waals surface area contributed by atoms with Gasteiger partial charge in [-0.2, -0.15) is 0 Å². The van der Waals surface area contributed by atoms with Gasteiger partial charge in [-0.15, -0.1) is 0 Å². The molecule has 58 valence electrons. The molecule has 0 fully saturated rings. The smallest absolute Gasteiger partial charge is 0.0102 e. The van der Waals surface area contributed by atoms with Gasteiger partial charge in [-0.25, -0.2) is 0 Å². The predicted molar refractivity (Wildman–Crippen MR) is 35.8 cm³/mol. The molecule has 0 aromatic rings. The lowest BCUT2D eigenvalue weighted by Gasteiger charge is -2.01. The molecule has 0 aromatic heterocycles. The third kappa shape index (κ3) is 11.5. The molecule has 0 spiro atoms. The first-order chi connectivity index (χ1) is 3.77. The van der Waals surface area contributed by atoms with Crippen LogP contribution in [-0.2, 0) is 11.1 Å². The van der Waals surface area contributed by atoms with Gasteiger partial charge in [0.05, 0.1) is 0 Å². The molecule has 0 amide bonds. The Hall–Kier alpha value is 0.0400. The second-order valence-electron chi connectivity index (χ2n) is 1.71. The van der Waals surface area contributed by atoms with Gasteiger partial charge in [0.25, 0.3) is 0 Å². The van der Waals surface area contributed by atoms with Gasteiger partial charge < -0.3 is 4.55 Å². The molecule has 4 heteroatoms. The van der Waals surface area contributed by atoms with Crippen molar-refractivity contribution in [1.82, 2.24) is 0 Å². The fourth-order valence-corrected chi connectivity index (χ4v) is 0.910. The Bertz CT molecular complexity index is 77.4. The van der Waals surface area contributed by atoms with E-state index in [0.29, 0.717) is 5.75 Å². The van der Waals surface area contributed by atoms with E-state index in [4.69, 9.17) is 0 Å².